The number of nitrogens with two attached hydrogens (primary N) is 1. The highest BCUT2D eigenvalue weighted by atomic mass is 16.6. The molecule has 0 aliphatic carbocycles. The molecule has 2 aliphatic rings. The molecule has 0 radical (unpaired) electrons. The number of hydrogen-bond acceptors (Lipinski definition) is 6. The molecule has 7 heteroatoms. The van der Waals surface area contributed by atoms with E-state index in [9.17, 15) is 10.1 Å². The van der Waals surface area contributed by atoms with Gasteiger partial charge in [-0.2, -0.15) is 0 Å². The summed E-state index contributed by atoms with van der Waals surface area (Å²) in [6.07, 6.45) is 2.50. The van der Waals surface area contributed by atoms with E-state index in [1.54, 1.807) is 12.1 Å². The van der Waals surface area contributed by atoms with Crippen LogP contribution in [0, 0.1) is 10.1 Å². The summed E-state index contributed by atoms with van der Waals surface area (Å²) >= 11 is 0. The molecule has 7 nitrogen and oxygen atoms in total. The smallest absolute Gasteiger partial charge is 0.292 e. The van der Waals surface area contributed by atoms with E-state index in [1.807, 2.05) is 0 Å². The van der Waals surface area contributed by atoms with Crippen molar-refractivity contribution >= 4 is 17.1 Å². The molecule has 2 heterocycles. The average molecular weight is 319 g/mol. The zero-order valence-corrected chi connectivity index (χ0v) is 13.6. The molecule has 23 heavy (non-hydrogen) atoms. The Labute approximate surface area is 136 Å². The van der Waals surface area contributed by atoms with Gasteiger partial charge in [-0.3, -0.25) is 15.0 Å². The van der Waals surface area contributed by atoms with Crippen molar-refractivity contribution in [2.24, 2.45) is 0 Å². The van der Waals surface area contributed by atoms with Crippen molar-refractivity contribution in [2.45, 2.75) is 18.9 Å². The number of nitro benzene ring substituents is 1. The molecule has 2 fully saturated rings. The number of hydrogen-bond donors (Lipinski definition) is 1. The molecule has 0 bridgehead atoms. The van der Waals surface area contributed by atoms with Gasteiger partial charge in [-0.05, 0) is 45.1 Å². The predicted molar refractivity (Wildman–Crippen MR) is 91.8 cm³/mol. The highest BCUT2D eigenvalue weighted by Gasteiger charge is 2.26. The summed E-state index contributed by atoms with van der Waals surface area (Å²) in [5, 5.41) is 10.9. The standard InChI is InChI=1S/C16H25N5O2/c1-18-6-4-13(5-7-18)19-8-10-20(11-9-19)14-2-3-16(21(22)23)15(17)12-14/h2-3,12-13H,4-11,17H2,1H3. The van der Waals surface area contributed by atoms with Crippen LogP contribution in [0.1, 0.15) is 12.8 Å². The van der Waals surface area contributed by atoms with E-state index in [0.717, 1.165) is 31.9 Å². The monoisotopic (exact) mass is 319 g/mol. The third kappa shape index (κ3) is 3.56. The van der Waals surface area contributed by atoms with Gasteiger partial charge in [-0.25, -0.2) is 0 Å². The normalized spacial score (nSPS) is 21.5. The van der Waals surface area contributed by atoms with Crippen LogP contribution in [0.2, 0.25) is 0 Å². The van der Waals surface area contributed by atoms with Gasteiger partial charge in [0, 0.05) is 44.0 Å². The lowest BCUT2D eigenvalue weighted by molar-refractivity contribution is -0.383. The first-order chi connectivity index (χ1) is 11.0. The van der Waals surface area contributed by atoms with Crippen LogP contribution >= 0.6 is 0 Å². The van der Waals surface area contributed by atoms with Crippen LogP contribution in [0.25, 0.3) is 0 Å². The molecule has 2 saturated heterocycles. The Balaban J connectivity index is 1.58. The maximum atomic E-state index is 10.9. The molecule has 1 aromatic carbocycles. The van der Waals surface area contributed by atoms with Gasteiger partial charge in [0.15, 0.2) is 0 Å². The Morgan fingerprint density at radius 1 is 1.13 bits per heavy atom. The molecule has 2 N–H and O–H groups in total. The van der Waals surface area contributed by atoms with E-state index < -0.39 is 4.92 Å². The number of rotatable bonds is 3. The number of piperazine rings is 1. The fraction of sp³-hybridized carbons (Fsp3) is 0.625. The van der Waals surface area contributed by atoms with Crippen LogP contribution < -0.4 is 10.6 Å². The van der Waals surface area contributed by atoms with E-state index in [2.05, 4.69) is 21.7 Å². The fourth-order valence-electron chi connectivity index (χ4n) is 3.61. The third-order valence-electron chi connectivity index (χ3n) is 5.09. The number of nitrogen functional groups attached to an aromatic ring is 1. The summed E-state index contributed by atoms with van der Waals surface area (Å²) < 4.78 is 0. The highest BCUT2D eigenvalue weighted by Crippen LogP contribution is 2.28. The highest BCUT2D eigenvalue weighted by molar-refractivity contribution is 5.66. The zero-order chi connectivity index (χ0) is 16.4. The number of piperidine rings is 1. The first-order valence-corrected chi connectivity index (χ1v) is 8.26. The van der Waals surface area contributed by atoms with E-state index >= 15 is 0 Å². The SMILES string of the molecule is CN1CCC(N2CCN(c3ccc([N+](=O)[O-])c(N)c3)CC2)CC1. The van der Waals surface area contributed by atoms with Crippen molar-refractivity contribution in [1.29, 1.82) is 0 Å². The molecule has 2 aliphatic heterocycles. The Hall–Kier alpha value is -1.86. The first-order valence-electron chi connectivity index (χ1n) is 8.26. The zero-order valence-electron chi connectivity index (χ0n) is 13.6. The lowest BCUT2D eigenvalue weighted by atomic mass is 10.0. The van der Waals surface area contributed by atoms with Crippen molar-refractivity contribution in [2.75, 3.05) is 56.9 Å². The lowest BCUT2D eigenvalue weighted by Gasteiger charge is -2.42. The number of anilines is 2. The second kappa shape index (κ2) is 6.72. The Kier molecular flexibility index (Phi) is 4.68. The van der Waals surface area contributed by atoms with Crippen LogP contribution in [0.3, 0.4) is 0 Å². The summed E-state index contributed by atoms with van der Waals surface area (Å²) in [5.74, 6) is 0. The van der Waals surface area contributed by atoms with Gasteiger partial charge < -0.3 is 15.5 Å². The minimum absolute atomic E-state index is 0.0151. The van der Waals surface area contributed by atoms with Crippen molar-refractivity contribution in [3.05, 3.63) is 28.3 Å². The molecule has 0 unspecified atom stereocenters. The average Bonchev–Trinajstić information content (AvgIpc) is 2.55. The topological polar surface area (TPSA) is 78.9 Å². The molecule has 0 atom stereocenters. The van der Waals surface area contributed by atoms with Gasteiger partial charge in [0.05, 0.1) is 4.92 Å². The van der Waals surface area contributed by atoms with Crippen LogP contribution in [-0.2, 0) is 0 Å². The third-order valence-corrected chi connectivity index (χ3v) is 5.09. The number of nitro groups is 1. The molecule has 0 aromatic heterocycles. The van der Waals surface area contributed by atoms with Gasteiger partial charge in [0.1, 0.15) is 5.69 Å². The van der Waals surface area contributed by atoms with Crippen LogP contribution in [0.15, 0.2) is 18.2 Å². The van der Waals surface area contributed by atoms with Gasteiger partial charge in [-0.15, -0.1) is 0 Å². The maximum Gasteiger partial charge on any atom is 0.292 e. The van der Waals surface area contributed by atoms with Gasteiger partial charge in [-0.1, -0.05) is 0 Å². The summed E-state index contributed by atoms with van der Waals surface area (Å²) in [4.78, 5) is 17.7. The van der Waals surface area contributed by atoms with Crippen molar-refractivity contribution < 1.29 is 4.92 Å². The van der Waals surface area contributed by atoms with Gasteiger partial charge >= 0.3 is 0 Å². The first kappa shape index (κ1) is 16.0. The largest absolute Gasteiger partial charge is 0.393 e. The lowest BCUT2D eigenvalue weighted by Crippen LogP contribution is -2.53. The Morgan fingerprint density at radius 3 is 2.35 bits per heavy atom. The van der Waals surface area contributed by atoms with Crippen LogP contribution in [0.4, 0.5) is 17.1 Å². The minimum Gasteiger partial charge on any atom is -0.393 e. The quantitative estimate of drug-likeness (QED) is 0.515. The van der Waals surface area contributed by atoms with Gasteiger partial charge in [0.25, 0.3) is 5.69 Å². The maximum absolute atomic E-state index is 10.9. The second-order valence-corrected chi connectivity index (χ2v) is 6.56. The molecular weight excluding hydrogens is 294 g/mol. The van der Waals surface area contributed by atoms with E-state index in [1.165, 1.54) is 32.0 Å². The predicted octanol–water partition coefficient (Wildman–Crippen LogP) is 1.39. The fourth-order valence-corrected chi connectivity index (χ4v) is 3.61. The number of nitrogens with zero attached hydrogens (tertiary/aromatic N) is 4. The van der Waals surface area contributed by atoms with E-state index in [-0.39, 0.29) is 11.4 Å². The minimum atomic E-state index is -0.433. The summed E-state index contributed by atoms with van der Waals surface area (Å²) in [7, 11) is 2.19. The van der Waals surface area contributed by atoms with Crippen molar-refractivity contribution in [3.8, 4) is 0 Å². The molecule has 0 saturated carbocycles. The molecule has 1 aromatic rings. The van der Waals surface area contributed by atoms with E-state index in [4.69, 9.17) is 5.73 Å². The second-order valence-electron chi connectivity index (χ2n) is 6.56. The van der Waals surface area contributed by atoms with Crippen molar-refractivity contribution in [3.63, 3.8) is 0 Å². The molecular formula is C16H25N5O2. The molecule has 0 amide bonds. The number of benzene rings is 1. The van der Waals surface area contributed by atoms with Crippen LogP contribution in [0.5, 0.6) is 0 Å². The molecule has 0 spiro atoms. The van der Waals surface area contributed by atoms with Crippen molar-refractivity contribution in [1.82, 2.24) is 9.80 Å². The summed E-state index contributed by atoms with van der Waals surface area (Å²) in [6, 6.07) is 5.74. The van der Waals surface area contributed by atoms with Gasteiger partial charge in [0.2, 0.25) is 0 Å². The Bertz CT molecular complexity index is 564. The number of likely N-dealkylation sites (tertiary alicyclic amines) is 1. The van der Waals surface area contributed by atoms with Crippen LogP contribution in [-0.4, -0.2) is 67.1 Å². The van der Waals surface area contributed by atoms with E-state index in [0.29, 0.717) is 6.04 Å². The molecule has 3 rings (SSSR count). The molecule has 126 valence electrons. The summed E-state index contributed by atoms with van der Waals surface area (Å²) in [5.41, 5.74) is 7.01. The Morgan fingerprint density at radius 2 is 1.78 bits per heavy atom. The summed E-state index contributed by atoms with van der Waals surface area (Å²) in [6.45, 7) is 6.36.